The van der Waals surface area contributed by atoms with E-state index in [0.717, 1.165) is 39.1 Å². The van der Waals surface area contributed by atoms with Gasteiger partial charge in [-0.1, -0.05) is 18.2 Å². The number of hydrogen-bond acceptors (Lipinski definition) is 5. The minimum atomic E-state index is -2.94. The van der Waals surface area contributed by atoms with Crippen LogP contribution in [0.15, 0.2) is 42.5 Å². The average molecular weight is 469 g/mol. The fourth-order valence-corrected chi connectivity index (χ4v) is 4.13. The summed E-state index contributed by atoms with van der Waals surface area (Å²) < 4.78 is 36.5. The van der Waals surface area contributed by atoms with E-state index in [1.165, 1.54) is 13.2 Å². The number of aryl methyl sites for hydroxylation is 2. The molecule has 0 saturated heterocycles. The van der Waals surface area contributed by atoms with Crippen LogP contribution in [0.3, 0.4) is 0 Å². The number of fused-ring (bicyclic) bond motifs is 3. The summed E-state index contributed by atoms with van der Waals surface area (Å²) in [5.74, 6) is 0.0997. The molecule has 1 amide bonds. The number of halogens is 2. The van der Waals surface area contributed by atoms with Gasteiger partial charge < -0.3 is 14.4 Å². The van der Waals surface area contributed by atoms with Gasteiger partial charge in [0.05, 0.1) is 12.6 Å². The van der Waals surface area contributed by atoms with E-state index in [1.807, 2.05) is 42.6 Å². The number of methoxy groups -OCH3 is 1. The standard InChI is InChI=1S/C25H26F2N4O3/c1-15-18(16(2)31-24(28-15)19-7-5-6-8-20(19)29-31)10-12-23(32)30(3)14-17-9-11-21(34-25(26)27)22(13-17)33-4/h5-9,11,13,25H,10,12,14H2,1-4H3. The molecular formula is C25H26F2N4O3. The van der Waals surface area contributed by atoms with Gasteiger partial charge in [0.2, 0.25) is 5.91 Å². The van der Waals surface area contributed by atoms with Crippen molar-refractivity contribution in [2.75, 3.05) is 14.2 Å². The van der Waals surface area contributed by atoms with E-state index in [1.54, 1.807) is 24.1 Å². The lowest BCUT2D eigenvalue weighted by Crippen LogP contribution is -2.26. The zero-order valence-corrected chi connectivity index (χ0v) is 19.5. The molecule has 178 valence electrons. The van der Waals surface area contributed by atoms with Crippen molar-refractivity contribution < 1.29 is 23.0 Å². The Balaban J connectivity index is 1.47. The topological polar surface area (TPSA) is 69.0 Å². The molecule has 4 rings (SSSR count). The lowest BCUT2D eigenvalue weighted by molar-refractivity contribution is -0.130. The smallest absolute Gasteiger partial charge is 0.387 e. The third kappa shape index (κ3) is 4.64. The summed E-state index contributed by atoms with van der Waals surface area (Å²) in [5.41, 5.74) is 5.28. The number of rotatable bonds is 8. The SMILES string of the molecule is COc1cc(CN(C)C(=O)CCc2c(C)nc3c4ccccc4nn3c2C)ccc1OC(F)F. The van der Waals surface area contributed by atoms with E-state index in [0.29, 0.717) is 19.4 Å². The van der Waals surface area contributed by atoms with Crippen molar-refractivity contribution in [2.45, 2.75) is 39.8 Å². The molecular weight excluding hydrogens is 442 g/mol. The largest absolute Gasteiger partial charge is 0.493 e. The summed E-state index contributed by atoms with van der Waals surface area (Å²) in [6.45, 7) is 1.31. The summed E-state index contributed by atoms with van der Waals surface area (Å²) in [6.07, 6.45) is 0.834. The van der Waals surface area contributed by atoms with Crippen LogP contribution in [0, 0.1) is 13.8 Å². The molecule has 2 aromatic heterocycles. The molecule has 9 heteroatoms. The molecule has 0 spiro atoms. The Bertz CT molecular complexity index is 1350. The second kappa shape index (κ2) is 9.62. The zero-order chi connectivity index (χ0) is 24.4. The van der Waals surface area contributed by atoms with Gasteiger partial charge >= 0.3 is 6.61 Å². The molecule has 7 nitrogen and oxygen atoms in total. The van der Waals surface area contributed by atoms with E-state index >= 15 is 0 Å². The van der Waals surface area contributed by atoms with Gasteiger partial charge in [-0.15, -0.1) is 0 Å². The van der Waals surface area contributed by atoms with Crippen molar-refractivity contribution in [3.8, 4) is 11.5 Å². The molecule has 0 atom stereocenters. The van der Waals surface area contributed by atoms with E-state index in [-0.39, 0.29) is 17.4 Å². The van der Waals surface area contributed by atoms with Crippen molar-refractivity contribution in [1.82, 2.24) is 19.5 Å². The fraction of sp³-hybridized carbons (Fsp3) is 0.320. The number of amides is 1. The zero-order valence-electron chi connectivity index (χ0n) is 19.5. The molecule has 34 heavy (non-hydrogen) atoms. The van der Waals surface area contributed by atoms with Crippen LogP contribution >= 0.6 is 0 Å². The molecule has 0 fully saturated rings. The van der Waals surface area contributed by atoms with Crippen LogP contribution in [0.2, 0.25) is 0 Å². The van der Waals surface area contributed by atoms with Gasteiger partial charge in [0.25, 0.3) is 0 Å². The minimum absolute atomic E-state index is 0.0450. The van der Waals surface area contributed by atoms with Gasteiger partial charge in [0, 0.05) is 36.8 Å². The fourth-order valence-electron chi connectivity index (χ4n) is 4.13. The molecule has 0 aliphatic heterocycles. The van der Waals surface area contributed by atoms with Gasteiger partial charge in [-0.2, -0.15) is 13.9 Å². The van der Waals surface area contributed by atoms with E-state index < -0.39 is 6.61 Å². The summed E-state index contributed by atoms with van der Waals surface area (Å²) >= 11 is 0. The highest BCUT2D eigenvalue weighted by molar-refractivity contribution is 5.92. The Morgan fingerprint density at radius 1 is 1.15 bits per heavy atom. The molecule has 0 saturated carbocycles. The molecule has 0 radical (unpaired) electrons. The number of alkyl halides is 2. The van der Waals surface area contributed by atoms with E-state index in [2.05, 4.69) is 9.84 Å². The molecule has 0 N–H and O–H groups in total. The summed E-state index contributed by atoms with van der Waals surface area (Å²) in [4.78, 5) is 19.2. The van der Waals surface area contributed by atoms with Crippen molar-refractivity contribution in [1.29, 1.82) is 0 Å². The summed E-state index contributed by atoms with van der Waals surface area (Å²) in [7, 11) is 3.09. The Morgan fingerprint density at radius 3 is 2.65 bits per heavy atom. The maximum absolute atomic E-state index is 12.8. The van der Waals surface area contributed by atoms with Crippen LogP contribution in [-0.4, -0.2) is 46.2 Å². The minimum Gasteiger partial charge on any atom is -0.493 e. The van der Waals surface area contributed by atoms with E-state index in [4.69, 9.17) is 9.72 Å². The Kier molecular flexibility index (Phi) is 6.63. The number of hydrogen-bond donors (Lipinski definition) is 0. The highest BCUT2D eigenvalue weighted by atomic mass is 19.3. The van der Waals surface area contributed by atoms with Crippen molar-refractivity contribution in [3.63, 3.8) is 0 Å². The van der Waals surface area contributed by atoms with Gasteiger partial charge in [-0.3, -0.25) is 4.79 Å². The Hall–Kier alpha value is -3.75. The predicted octanol–water partition coefficient (Wildman–Crippen LogP) is 4.70. The quantitative estimate of drug-likeness (QED) is 0.375. The first kappa shape index (κ1) is 23.4. The molecule has 2 heterocycles. The van der Waals surface area contributed by atoms with Crippen LogP contribution in [0.25, 0.3) is 16.6 Å². The molecule has 0 bridgehead atoms. The van der Waals surface area contributed by atoms with Crippen LogP contribution in [-0.2, 0) is 17.8 Å². The Labute approximate surface area is 195 Å². The number of ether oxygens (including phenoxy) is 2. The van der Waals surface area contributed by atoms with Gasteiger partial charge in [-0.25, -0.2) is 9.50 Å². The van der Waals surface area contributed by atoms with Gasteiger partial charge in [0.1, 0.15) is 0 Å². The van der Waals surface area contributed by atoms with Gasteiger partial charge in [0.15, 0.2) is 17.1 Å². The second-order valence-corrected chi connectivity index (χ2v) is 8.13. The number of aromatic nitrogens is 3. The molecule has 4 aromatic rings. The lowest BCUT2D eigenvalue weighted by Gasteiger charge is -2.19. The second-order valence-electron chi connectivity index (χ2n) is 8.13. The van der Waals surface area contributed by atoms with Crippen molar-refractivity contribution in [2.24, 2.45) is 0 Å². The molecule has 0 aliphatic carbocycles. The molecule has 0 unspecified atom stereocenters. The van der Waals surface area contributed by atoms with Crippen molar-refractivity contribution in [3.05, 3.63) is 65.0 Å². The highest BCUT2D eigenvalue weighted by Crippen LogP contribution is 2.30. The average Bonchev–Trinajstić information content (AvgIpc) is 3.18. The highest BCUT2D eigenvalue weighted by Gasteiger charge is 2.17. The van der Waals surface area contributed by atoms with Crippen LogP contribution in [0.1, 0.15) is 28.9 Å². The summed E-state index contributed by atoms with van der Waals surface area (Å²) in [5, 5.41) is 5.66. The first-order valence-electron chi connectivity index (χ1n) is 10.9. The van der Waals surface area contributed by atoms with Gasteiger partial charge in [-0.05, 0) is 55.7 Å². The van der Waals surface area contributed by atoms with E-state index in [9.17, 15) is 13.6 Å². The van der Waals surface area contributed by atoms with Crippen molar-refractivity contribution >= 4 is 22.5 Å². The van der Waals surface area contributed by atoms with Crippen LogP contribution in [0.4, 0.5) is 8.78 Å². The number of carbonyl (C=O) groups is 1. The first-order valence-corrected chi connectivity index (χ1v) is 10.9. The third-order valence-corrected chi connectivity index (χ3v) is 5.90. The number of benzene rings is 2. The Morgan fingerprint density at radius 2 is 1.91 bits per heavy atom. The normalized spacial score (nSPS) is 11.4. The van der Waals surface area contributed by atoms with Crippen LogP contribution in [0.5, 0.6) is 11.5 Å². The first-order chi connectivity index (χ1) is 16.3. The maximum atomic E-state index is 12.8. The summed E-state index contributed by atoms with van der Waals surface area (Å²) in [6, 6.07) is 12.5. The lowest BCUT2D eigenvalue weighted by atomic mass is 10.1. The predicted molar refractivity (Wildman–Crippen MR) is 124 cm³/mol. The monoisotopic (exact) mass is 468 g/mol. The van der Waals surface area contributed by atoms with Crippen LogP contribution < -0.4 is 9.47 Å². The molecule has 0 aliphatic rings. The number of carbonyl (C=O) groups excluding carboxylic acids is 1. The third-order valence-electron chi connectivity index (χ3n) is 5.90. The molecule has 2 aromatic carbocycles. The number of nitrogens with zero attached hydrogens (tertiary/aromatic N) is 4. The maximum Gasteiger partial charge on any atom is 0.387 e.